The van der Waals surface area contributed by atoms with Crippen molar-refractivity contribution in [3.05, 3.63) is 72.9 Å². The fraction of sp³-hybridized carbons (Fsp3) is 0.763. The standard InChI is InChI=1S/C59H107N2O7P/c1-7-10-13-16-19-22-25-27-28-29-30-31-32-34-37-39-42-45-48-51-58(62)60-56(55-67-69(64,65)66-54-53-61(4,5)6)57(50-47-44-41-38-36-33-26-23-20-17-14-11-8-2)68-59(63)52-49-46-43-40-35-24-21-18-15-12-9-3/h10,13,19,22,27-28,30-31,34,37,47,50,56-57H,7-9,11-12,14-18,20-21,23-26,29,32-33,35-36,38-46,48-49,51-55H2,1-6H3,(H-,60,62,64,65)/b13-10-,22-19-,28-27-,31-30-,37-34-,50-47+. The summed E-state index contributed by atoms with van der Waals surface area (Å²) in [5.74, 6) is -0.579. The Bertz CT molecular complexity index is 1420. The van der Waals surface area contributed by atoms with Gasteiger partial charge in [-0.25, -0.2) is 0 Å². The van der Waals surface area contributed by atoms with E-state index >= 15 is 0 Å². The highest BCUT2D eigenvalue weighted by Gasteiger charge is 2.27. The van der Waals surface area contributed by atoms with Gasteiger partial charge in [0.15, 0.2) is 0 Å². The van der Waals surface area contributed by atoms with Crippen LogP contribution in [0.1, 0.15) is 239 Å². The molecule has 0 fully saturated rings. The van der Waals surface area contributed by atoms with Crippen molar-refractivity contribution in [3.63, 3.8) is 0 Å². The van der Waals surface area contributed by atoms with E-state index in [9.17, 15) is 19.0 Å². The zero-order valence-electron chi connectivity index (χ0n) is 45.5. The molecule has 0 aromatic heterocycles. The summed E-state index contributed by atoms with van der Waals surface area (Å²) >= 11 is 0. The number of amides is 1. The molecule has 10 heteroatoms. The van der Waals surface area contributed by atoms with E-state index in [2.05, 4.69) is 86.8 Å². The number of esters is 1. The van der Waals surface area contributed by atoms with Crippen molar-refractivity contribution in [2.24, 2.45) is 0 Å². The van der Waals surface area contributed by atoms with Crippen LogP contribution in [0.4, 0.5) is 0 Å². The Kier molecular flexibility index (Phi) is 47.2. The second kappa shape index (κ2) is 49.0. The molecule has 0 bridgehead atoms. The van der Waals surface area contributed by atoms with Crippen LogP contribution < -0.4 is 10.2 Å². The zero-order valence-corrected chi connectivity index (χ0v) is 46.4. The van der Waals surface area contributed by atoms with Crippen molar-refractivity contribution in [2.45, 2.75) is 251 Å². The minimum Gasteiger partial charge on any atom is -0.756 e. The van der Waals surface area contributed by atoms with Crippen LogP contribution in [0.2, 0.25) is 0 Å². The second-order valence-electron chi connectivity index (χ2n) is 20.1. The Morgan fingerprint density at radius 1 is 0.522 bits per heavy atom. The van der Waals surface area contributed by atoms with Gasteiger partial charge in [0.2, 0.25) is 5.91 Å². The highest BCUT2D eigenvalue weighted by molar-refractivity contribution is 7.45. The summed E-state index contributed by atoms with van der Waals surface area (Å²) in [6.07, 6.45) is 61.5. The molecule has 0 aromatic carbocycles. The van der Waals surface area contributed by atoms with Crippen LogP contribution in [0.5, 0.6) is 0 Å². The molecule has 0 saturated heterocycles. The van der Waals surface area contributed by atoms with Crippen LogP contribution in [0.25, 0.3) is 0 Å². The molecule has 3 unspecified atom stereocenters. The lowest BCUT2D eigenvalue weighted by molar-refractivity contribution is -0.870. The lowest BCUT2D eigenvalue weighted by atomic mass is 10.0. The predicted molar refractivity (Wildman–Crippen MR) is 293 cm³/mol. The van der Waals surface area contributed by atoms with Gasteiger partial charge in [0, 0.05) is 12.8 Å². The highest BCUT2D eigenvalue weighted by atomic mass is 31.2. The van der Waals surface area contributed by atoms with Gasteiger partial charge >= 0.3 is 5.97 Å². The number of quaternary nitrogens is 1. The van der Waals surface area contributed by atoms with Gasteiger partial charge in [-0.05, 0) is 76.7 Å². The van der Waals surface area contributed by atoms with Gasteiger partial charge in [0.1, 0.15) is 19.3 Å². The summed E-state index contributed by atoms with van der Waals surface area (Å²) in [5.41, 5.74) is 0. The maximum absolute atomic E-state index is 13.5. The number of ether oxygens (including phenoxy) is 1. The van der Waals surface area contributed by atoms with Gasteiger partial charge in [-0.3, -0.25) is 14.2 Å². The fourth-order valence-corrected chi connectivity index (χ4v) is 8.51. The minimum absolute atomic E-state index is 0.0306. The van der Waals surface area contributed by atoms with E-state index in [1.165, 1.54) is 109 Å². The first-order chi connectivity index (χ1) is 33.4. The van der Waals surface area contributed by atoms with Crippen molar-refractivity contribution >= 4 is 19.7 Å². The molecule has 400 valence electrons. The number of nitrogens with one attached hydrogen (secondary N) is 1. The van der Waals surface area contributed by atoms with Crippen LogP contribution in [-0.2, 0) is 27.9 Å². The number of phosphoric ester groups is 1. The molecular weight excluding hydrogens is 880 g/mol. The number of hydrogen-bond donors (Lipinski definition) is 1. The second-order valence-corrected chi connectivity index (χ2v) is 21.5. The molecule has 0 aliphatic carbocycles. The number of hydrogen-bond acceptors (Lipinski definition) is 7. The van der Waals surface area contributed by atoms with E-state index in [1.54, 1.807) is 0 Å². The minimum atomic E-state index is -4.70. The zero-order chi connectivity index (χ0) is 50.8. The number of likely N-dealkylation sites (N-methyl/N-ethyl adjacent to an activating group) is 1. The molecular formula is C59H107N2O7P. The third-order valence-electron chi connectivity index (χ3n) is 12.2. The number of rotatable bonds is 50. The SMILES string of the molecule is CC/C=C\C/C=C\C/C=C\C/C=C\C/C=C\CCCCCC(=O)NC(COP(=O)([O-])OCC[N+](C)(C)C)C(/C=C/CCCCCCCCCCCCC)OC(=O)CCCCCCCCCCCCC. The molecule has 0 radical (unpaired) electrons. The Hall–Kier alpha value is -2.55. The summed E-state index contributed by atoms with van der Waals surface area (Å²) in [7, 11) is 1.16. The highest BCUT2D eigenvalue weighted by Crippen LogP contribution is 2.38. The molecule has 0 aliphatic heterocycles. The first kappa shape index (κ1) is 66.5. The van der Waals surface area contributed by atoms with Gasteiger partial charge < -0.3 is 28.5 Å². The molecule has 9 nitrogen and oxygen atoms in total. The summed E-state index contributed by atoms with van der Waals surface area (Å²) in [4.78, 5) is 39.8. The first-order valence-corrected chi connectivity index (χ1v) is 29.7. The third-order valence-corrected chi connectivity index (χ3v) is 13.1. The molecule has 69 heavy (non-hydrogen) atoms. The van der Waals surface area contributed by atoms with Crippen molar-refractivity contribution in [3.8, 4) is 0 Å². The van der Waals surface area contributed by atoms with Gasteiger partial charge in [-0.15, -0.1) is 0 Å². The average molecular weight is 987 g/mol. The van der Waals surface area contributed by atoms with Crippen LogP contribution in [0.3, 0.4) is 0 Å². The molecule has 0 aromatic rings. The topological polar surface area (TPSA) is 114 Å². The van der Waals surface area contributed by atoms with E-state index < -0.39 is 26.6 Å². The molecule has 0 rings (SSSR count). The predicted octanol–water partition coefficient (Wildman–Crippen LogP) is 16.3. The summed E-state index contributed by atoms with van der Waals surface area (Å²) in [6.45, 7) is 6.69. The number of unbranched alkanes of at least 4 members (excludes halogenated alkanes) is 24. The van der Waals surface area contributed by atoms with E-state index in [0.717, 1.165) is 89.9 Å². The van der Waals surface area contributed by atoms with E-state index in [4.69, 9.17) is 13.8 Å². The quantitative estimate of drug-likeness (QED) is 0.0212. The van der Waals surface area contributed by atoms with Crippen molar-refractivity contribution < 1.29 is 37.3 Å². The largest absolute Gasteiger partial charge is 0.756 e. The smallest absolute Gasteiger partial charge is 0.306 e. The maximum Gasteiger partial charge on any atom is 0.306 e. The summed E-state index contributed by atoms with van der Waals surface area (Å²) in [5, 5.41) is 3.00. The van der Waals surface area contributed by atoms with Gasteiger partial charge in [-0.1, -0.05) is 222 Å². The Morgan fingerprint density at radius 2 is 0.928 bits per heavy atom. The number of carbonyl (C=O) groups is 2. The first-order valence-electron chi connectivity index (χ1n) is 28.2. The number of nitrogens with zero attached hydrogens (tertiary/aromatic N) is 1. The Morgan fingerprint density at radius 3 is 1.41 bits per heavy atom. The summed E-state index contributed by atoms with van der Waals surface area (Å²) < 4.78 is 30.2. The van der Waals surface area contributed by atoms with E-state index in [1.807, 2.05) is 33.3 Å². The molecule has 0 saturated carbocycles. The molecule has 3 atom stereocenters. The number of allylic oxidation sites excluding steroid dienone is 11. The van der Waals surface area contributed by atoms with Crippen molar-refractivity contribution in [2.75, 3.05) is 40.9 Å². The Labute approximate surface area is 425 Å². The summed E-state index contributed by atoms with van der Waals surface area (Å²) in [6, 6.07) is -0.905. The van der Waals surface area contributed by atoms with Gasteiger partial charge in [-0.2, -0.15) is 0 Å². The maximum atomic E-state index is 13.5. The lowest BCUT2D eigenvalue weighted by Gasteiger charge is -2.30. The van der Waals surface area contributed by atoms with Crippen molar-refractivity contribution in [1.82, 2.24) is 5.32 Å². The van der Waals surface area contributed by atoms with Crippen LogP contribution in [0.15, 0.2) is 72.9 Å². The fourth-order valence-electron chi connectivity index (χ4n) is 7.78. The van der Waals surface area contributed by atoms with Crippen LogP contribution in [-0.4, -0.2) is 69.4 Å². The molecule has 0 heterocycles. The molecule has 0 aliphatic rings. The monoisotopic (exact) mass is 987 g/mol. The molecule has 1 amide bonds. The van der Waals surface area contributed by atoms with Gasteiger partial charge in [0.05, 0.1) is 33.8 Å². The van der Waals surface area contributed by atoms with Gasteiger partial charge in [0.25, 0.3) is 7.82 Å². The van der Waals surface area contributed by atoms with Crippen molar-refractivity contribution in [1.29, 1.82) is 0 Å². The number of phosphoric acid groups is 1. The third kappa shape index (κ3) is 50.2. The average Bonchev–Trinajstić information content (AvgIpc) is 3.31. The lowest BCUT2D eigenvalue weighted by Crippen LogP contribution is -2.47. The van der Waals surface area contributed by atoms with E-state index in [-0.39, 0.29) is 31.3 Å². The number of carbonyl (C=O) groups excluding carboxylic acids is 2. The Balaban J connectivity index is 5.41. The molecule has 0 spiro atoms. The van der Waals surface area contributed by atoms with Crippen LogP contribution >= 0.6 is 7.82 Å². The normalized spacial score (nSPS) is 14.4. The molecule has 1 N–H and O–H groups in total. The van der Waals surface area contributed by atoms with E-state index in [0.29, 0.717) is 17.4 Å². The van der Waals surface area contributed by atoms with Crippen LogP contribution in [0, 0.1) is 0 Å².